The highest BCUT2D eigenvalue weighted by atomic mass is 32.2. The third-order valence-electron chi connectivity index (χ3n) is 4.28. The normalized spacial score (nSPS) is 12.1. The average molecular weight is 442 g/mol. The maximum atomic E-state index is 12.8. The molecule has 0 bridgehead atoms. The molecule has 8 nitrogen and oxygen atoms in total. The molecule has 3 aromatic rings. The maximum Gasteiger partial charge on any atom is 0.390 e. The van der Waals surface area contributed by atoms with Crippen LogP contribution in [0.15, 0.2) is 52.2 Å². The molecular weight excluding hydrogens is 425 g/mol. The molecule has 0 radical (unpaired) electrons. The molecular formula is C18H17F3N4O4S. The van der Waals surface area contributed by atoms with Crippen LogP contribution in [0.4, 0.5) is 18.9 Å². The molecule has 0 unspecified atom stereocenters. The minimum absolute atomic E-state index is 0.0796. The number of carbonyl (C=O) groups is 1. The number of anilines is 1. The first kappa shape index (κ1) is 21.4. The predicted molar refractivity (Wildman–Crippen MR) is 104 cm³/mol. The number of H-pyrrole nitrogens is 2. The van der Waals surface area contributed by atoms with E-state index in [1.165, 1.54) is 49.5 Å². The summed E-state index contributed by atoms with van der Waals surface area (Å²) < 4.78 is 65.1. The highest BCUT2D eigenvalue weighted by Crippen LogP contribution is 2.24. The molecule has 1 amide bonds. The van der Waals surface area contributed by atoms with Crippen LogP contribution in [0.3, 0.4) is 0 Å². The molecule has 1 aromatic heterocycles. The fourth-order valence-electron chi connectivity index (χ4n) is 2.74. The summed E-state index contributed by atoms with van der Waals surface area (Å²) in [6.07, 6.45) is -5.61. The second kappa shape index (κ2) is 7.86. The number of para-hydroxylation sites is 1. The van der Waals surface area contributed by atoms with Crippen molar-refractivity contribution < 1.29 is 26.4 Å². The Hall–Kier alpha value is -3.28. The maximum absolute atomic E-state index is 12.8. The topological polar surface area (TPSA) is 115 Å². The van der Waals surface area contributed by atoms with E-state index in [9.17, 15) is 31.2 Å². The molecule has 0 fully saturated rings. The molecule has 3 N–H and O–H groups in total. The van der Waals surface area contributed by atoms with E-state index in [4.69, 9.17) is 0 Å². The van der Waals surface area contributed by atoms with E-state index in [1.807, 2.05) is 0 Å². The fraction of sp³-hybridized carbons (Fsp3) is 0.222. The van der Waals surface area contributed by atoms with Gasteiger partial charge in [-0.15, -0.1) is 0 Å². The largest absolute Gasteiger partial charge is 0.390 e. The number of aromatic nitrogens is 2. The van der Waals surface area contributed by atoms with Gasteiger partial charge in [0, 0.05) is 13.6 Å². The van der Waals surface area contributed by atoms with Gasteiger partial charge in [-0.3, -0.25) is 9.52 Å². The molecule has 160 valence electrons. The Labute approximate surface area is 168 Å². The molecule has 0 saturated carbocycles. The summed E-state index contributed by atoms with van der Waals surface area (Å²) >= 11 is 0. The number of hydrogen-bond donors (Lipinski definition) is 3. The molecule has 0 aliphatic heterocycles. The Morgan fingerprint density at radius 1 is 1.10 bits per heavy atom. The molecule has 30 heavy (non-hydrogen) atoms. The summed E-state index contributed by atoms with van der Waals surface area (Å²) in [4.78, 5) is 29.6. The Bertz CT molecular complexity index is 1250. The zero-order chi connectivity index (χ0) is 22.1. The Morgan fingerprint density at radius 3 is 2.47 bits per heavy atom. The van der Waals surface area contributed by atoms with Crippen molar-refractivity contribution in [2.45, 2.75) is 17.5 Å². The molecule has 12 heteroatoms. The zero-order valence-electron chi connectivity index (χ0n) is 15.6. The SMILES string of the molecule is CN(CCC(F)(F)F)C(=O)c1ccccc1NS(=O)(=O)c1ccc2[nH]c(=O)[nH]c2c1. The number of amides is 1. The van der Waals surface area contributed by atoms with Gasteiger partial charge >= 0.3 is 11.9 Å². The minimum atomic E-state index is -4.42. The second-order valence-electron chi connectivity index (χ2n) is 6.53. The van der Waals surface area contributed by atoms with Crippen LogP contribution in [0.1, 0.15) is 16.8 Å². The molecule has 0 spiro atoms. The fourth-order valence-corrected chi connectivity index (χ4v) is 3.85. The molecule has 0 aliphatic carbocycles. The first-order valence-electron chi connectivity index (χ1n) is 8.62. The van der Waals surface area contributed by atoms with Crippen LogP contribution in [0, 0.1) is 0 Å². The third-order valence-corrected chi connectivity index (χ3v) is 5.64. The Kier molecular flexibility index (Phi) is 5.61. The number of nitrogens with one attached hydrogen (secondary N) is 3. The summed E-state index contributed by atoms with van der Waals surface area (Å²) in [6, 6.07) is 9.53. The van der Waals surface area contributed by atoms with E-state index >= 15 is 0 Å². The number of imidazole rings is 1. The smallest absolute Gasteiger partial charge is 0.341 e. The highest BCUT2D eigenvalue weighted by molar-refractivity contribution is 7.92. The van der Waals surface area contributed by atoms with Gasteiger partial charge in [-0.05, 0) is 30.3 Å². The van der Waals surface area contributed by atoms with Gasteiger partial charge in [0.15, 0.2) is 0 Å². The lowest BCUT2D eigenvalue weighted by Crippen LogP contribution is -2.31. The number of nitrogens with zero attached hydrogens (tertiary/aromatic N) is 1. The minimum Gasteiger partial charge on any atom is -0.341 e. The van der Waals surface area contributed by atoms with E-state index in [2.05, 4.69) is 14.7 Å². The second-order valence-corrected chi connectivity index (χ2v) is 8.21. The van der Waals surface area contributed by atoms with Gasteiger partial charge in [0.1, 0.15) is 0 Å². The number of rotatable bonds is 6. The Morgan fingerprint density at radius 2 is 1.77 bits per heavy atom. The zero-order valence-corrected chi connectivity index (χ0v) is 16.4. The van der Waals surface area contributed by atoms with Crippen molar-refractivity contribution in [1.29, 1.82) is 0 Å². The van der Waals surface area contributed by atoms with Crippen LogP contribution in [0.2, 0.25) is 0 Å². The number of sulfonamides is 1. The van der Waals surface area contributed by atoms with E-state index < -0.39 is 40.8 Å². The van der Waals surface area contributed by atoms with Crippen LogP contribution >= 0.6 is 0 Å². The standard InChI is InChI=1S/C18H17F3N4O4S/c1-25(9-8-18(19,20)21)16(26)12-4-2-3-5-13(12)24-30(28,29)11-6-7-14-15(10-11)23-17(27)22-14/h2-7,10,24H,8-9H2,1H3,(H2,22,23,27). The number of fused-ring (bicyclic) bond motifs is 1. The van der Waals surface area contributed by atoms with Gasteiger partial charge in [0.2, 0.25) is 0 Å². The number of aromatic amines is 2. The summed E-state index contributed by atoms with van der Waals surface area (Å²) in [5.74, 6) is -0.761. The number of benzene rings is 2. The van der Waals surface area contributed by atoms with Gasteiger partial charge in [-0.2, -0.15) is 13.2 Å². The average Bonchev–Trinajstić information content (AvgIpc) is 3.04. The van der Waals surface area contributed by atoms with Crippen molar-refractivity contribution in [2.24, 2.45) is 0 Å². The predicted octanol–water partition coefficient (Wildman–Crippen LogP) is 2.68. The van der Waals surface area contributed by atoms with Crippen LogP contribution in [-0.4, -0.2) is 49.0 Å². The highest BCUT2D eigenvalue weighted by Gasteiger charge is 2.29. The van der Waals surface area contributed by atoms with Gasteiger partial charge in [0.25, 0.3) is 15.9 Å². The van der Waals surface area contributed by atoms with Crippen molar-refractivity contribution in [1.82, 2.24) is 14.9 Å². The first-order valence-corrected chi connectivity index (χ1v) is 10.1. The molecule has 2 aromatic carbocycles. The lowest BCUT2D eigenvalue weighted by atomic mass is 10.1. The summed E-state index contributed by atoms with van der Waals surface area (Å²) in [5.41, 5.74) is 0.0242. The molecule has 0 aliphatic rings. The van der Waals surface area contributed by atoms with Crippen LogP contribution in [0.25, 0.3) is 11.0 Å². The summed E-state index contributed by atoms with van der Waals surface area (Å²) in [6.45, 7) is -0.569. The molecule has 3 rings (SSSR count). The number of carbonyl (C=O) groups excluding carboxylic acids is 1. The first-order chi connectivity index (χ1) is 14.0. The molecule has 0 saturated heterocycles. The van der Waals surface area contributed by atoms with E-state index in [1.54, 1.807) is 0 Å². The lowest BCUT2D eigenvalue weighted by molar-refractivity contribution is -0.136. The monoisotopic (exact) mass is 442 g/mol. The van der Waals surface area contributed by atoms with Crippen molar-refractivity contribution in [3.05, 3.63) is 58.5 Å². The van der Waals surface area contributed by atoms with Crippen molar-refractivity contribution in [3.8, 4) is 0 Å². The van der Waals surface area contributed by atoms with Crippen LogP contribution in [0.5, 0.6) is 0 Å². The van der Waals surface area contributed by atoms with Crippen LogP contribution in [-0.2, 0) is 10.0 Å². The number of halogens is 3. The van der Waals surface area contributed by atoms with Crippen molar-refractivity contribution in [3.63, 3.8) is 0 Å². The summed E-state index contributed by atoms with van der Waals surface area (Å²) in [7, 11) is -2.95. The van der Waals surface area contributed by atoms with E-state index in [-0.39, 0.29) is 21.7 Å². The van der Waals surface area contributed by atoms with Crippen molar-refractivity contribution in [2.75, 3.05) is 18.3 Å². The van der Waals surface area contributed by atoms with Gasteiger partial charge < -0.3 is 14.9 Å². The molecule has 0 atom stereocenters. The third kappa shape index (κ3) is 4.82. The van der Waals surface area contributed by atoms with E-state index in [0.717, 1.165) is 4.90 Å². The molecule has 1 heterocycles. The van der Waals surface area contributed by atoms with Crippen molar-refractivity contribution >= 4 is 32.7 Å². The van der Waals surface area contributed by atoms with Gasteiger partial charge in [-0.1, -0.05) is 12.1 Å². The summed E-state index contributed by atoms with van der Waals surface area (Å²) in [5, 5.41) is 0. The Balaban J connectivity index is 1.87. The van der Waals surface area contributed by atoms with E-state index in [0.29, 0.717) is 5.52 Å². The van der Waals surface area contributed by atoms with Gasteiger partial charge in [-0.25, -0.2) is 13.2 Å². The number of alkyl halides is 3. The van der Waals surface area contributed by atoms with Crippen LogP contribution < -0.4 is 10.4 Å². The quantitative estimate of drug-likeness (QED) is 0.544. The van der Waals surface area contributed by atoms with Gasteiger partial charge in [0.05, 0.1) is 33.6 Å². The lowest BCUT2D eigenvalue weighted by Gasteiger charge is -2.20. The number of hydrogen-bond acceptors (Lipinski definition) is 4.